The first-order chi connectivity index (χ1) is 9.65. The molecule has 100 valence electrons. The Hall–Kier alpha value is -2.27. The minimum absolute atomic E-state index is 0.105. The maximum Gasteiger partial charge on any atom is 0.132 e. The molecular weight excluding hydrogens is 280 g/mol. The van der Waals surface area contributed by atoms with Crippen molar-refractivity contribution in [2.24, 2.45) is 0 Å². The highest BCUT2D eigenvalue weighted by atomic mass is 32.1. The molecule has 0 aliphatic heterocycles. The first-order valence-corrected chi connectivity index (χ1v) is 6.72. The molecule has 3 aromatic rings. The van der Waals surface area contributed by atoms with Crippen molar-refractivity contribution in [2.75, 3.05) is 0 Å². The molecule has 1 N–H and O–H groups in total. The molecule has 0 saturated heterocycles. The van der Waals surface area contributed by atoms with E-state index in [0.29, 0.717) is 16.3 Å². The molecular formula is C15H9F2NOS. The van der Waals surface area contributed by atoms with Crippen molar-refractivity contribution in [1.82, 2.24) is 4.98 Å². The number of aromatic nitrogens is 1. The zero-order valence-corrected chi connectivity index (χ0v) is 11.0. The maximum atomic E-state index is 13.7. The SMILES string of the molecule is Oc1ccccc1-c1nc(-c2cc(F)ccc2F)cs1. The van der Waals surface area contributed by atoms with Crippen LogP contribution < -0.4 is 0 Å². The van der Waals surface area contributed by atoms with Crippen LogP contribution in [-0.4, -0.2) is 10.1 Å². The average molecular weight is 289 g/mol. The lowest BCUT2D eigenvalue weighted by molar-refractivity contribution is 0.477. The van der Waals surface area contributed by atoms with Crippen LogP contribution in [0, 0.1) is 11.6 Å². The van der Waals surface area contributed by atoms with E-state index in [1.165, 1.54) is 11.3 Å². The smallest absolute Gasteiger partial charge is 0.132 e. The van der Waals surface area contributed by atoms with Gasteiger partial charge in [0.25, 0.3) is 0 Å². The predicted octanol–water partition coefficient (Wildman–Crippen LogP) is 4.46. The minimum Gasteiger partial charge on any atom is -0.507 e. The zero-order chi connectivity index (χ0) is 14.1. The first kappa shape index (κ1) is 12.7. The second-order valence-electron chi connectivity index (χ2n) is 4.18. The van der Waals surface area contributed by atoms with Crippen LogP contribution >= 0.6 is 11.3 Å². The molecule has 0 atom stereocenters. The van der Waals surface area contributed by atoms with Crippen molar-refractivity contribution in [2.45, 2.75) is 0 Å². The number of halogens is 2. The number of phenols is 1. The standard InChI is InChI=1S/C15H9F2NOS/c16-9-5-6-12(17)11(7-9)13-8-20-15(18-13)10-3-1-2-4-14(10)19/h1-8,19H. The third-order valence-corrected chi connectivity index (χ3v) is 3.72. The lowest BCUT2D eigenvalue weighted by atomic mass is 10.1. The normalized spacial score (nSPS) is 10.7. The molecule has 0 bridgehead atoms. The number of nitrogens with zero attached hydrogens (tertiary/aromatic N) is 1. The fourth-order valence-corrected chi connectivity index (χ4v) is 2.72. The summed E-state index contributed by atoms with van der Waals surface area (Å²) in [6.07, 6.45) is 0. The molecule has 0 unspecified atom stereocenters. The molecule has 20 heavy (non-hydrogen) atoms. The lowest BCUT2D eigenvalue weighted by Gasteiger charge is -2.00. The van der Waals surface area contributed by atoms with Gasteiger partial charge in [-0.05, 0) is 30.3 Å². The topological polar surface area (TPSA) is 33.1 Å². The van der Waals surface area contributed by atoms with Gasteiger partial charge in [-0.25, -0.2) is 13.8 Å². The van der Waals surface area contributed by atoms with Gasteiger partial charge < -0.3 is 5.11 Å². The highest BCUT2D eigenvalue weighted by Crippen LogP contribution is 2.34. The number of para-hydroxylation sites is 1. The van der Waals surface area contributed by atoms with Crippen molar-refractivity contribution >= 4 is 11.3 Å². The van der Waals surface area contributed by atoms with Crippen molar-refractivity contribution in [1.29, 1.82) is 0 Å². The predicted molar refractivity (Wildman–Crippen MR) is 74.6 cm³/mol. The van der Waals surface area contributed by atoms with E-state index in [-0.39, 0.29) is 11.3 Å². The molecule has 1 heterocycles. The number of hydrogen-bond acceptors (Lipinski definition) is 3. The number of benzene rings is 2. The fourth-order valence-electron chi connectivity index (χ4n) is 1.87. The molecule has 0 spiro atoms. The second-order valence-corrected chi connectivity index (χ2v) is 5.04. The van der Waals surface area contributed by atoms with E-state index in [4.69, 9.17) is 0 Å². The third kappa shape index (κ3) is 2.28. The Morgan fingerprint density at radius 2 is 1.80 bits per heavy atom. The summed E-state index contributed by atoms with van der Waals surface area (Å²) in [5.74, 6) is -0.938. The number of phenolic OH excluding ortho intramolecular Hbond substituents is 1. The number of rotatable bonds is 2. The quantitative estimate of drug-likeness (QED) is 0.755. The van der Waals surface area contributed by atoms with Crippen LogP contribution in [0.25, 0.3) is 21.8 Å². The van der Waals surface area contributed by atoms with Crippen LogP contribution in [-0.2, 0) is 0 Å². The fraction of sp³-hybridized carbons (Fsp3) is 0. The van der Waals surface area contributed by atoms with Crippen LogP contribution in [0.5, 0.6) is 5.75 Å². The van der Waals surface area contributed by atoms with Gasteiger partial charge in [-0.3, -0.25) is 0 Å². The van der Waals surface area contributed by atoms with Crippen LogP contribution in [0.4, 0.5) is 8.78 Å². The Balaban J connectivity index is 2.07. The van der Waals surface area contributed by atoms with Crippen molar-refractivity contribution in [3.8, 4) is 27.6 Å². The summed E-state index contributed by atoms with van der Waals surface area (Å²) in [5, 5.41) is 12.0. The van der Waals surface area contributed by atoms with E-state index in [1.807, 2.05) is 0 Å². The van der Waals surface area contributed by atoms with E-state index in [1.54, 1.807) is 29.6 Å². The van der Waals surface area contributed by atoms with Gasteiger partial charge in [-0.1, -0.05) is 12.1 Å². The van der Waals surface area contributed by atoms with Gasteiger partial charge in [0.05, 0.1) is 11.3 Å². The minimum atomic E-state index is -0.527. The Morgan fingerprint density at radius 1 is 1.00 bits per heavy atom. The third-order valence-electron chi connectivity index (χ3n) is 2.84. The highest BCUT2D eigenvalue weighted by molar-refractivity contribution is 7.13. The number of hydrogen-bond donors (Lipinski definition) is 1. The number of thiazole rings is 1. The van der Waals surface area contributed by atoms with Gasteiger partial charge in [-0.2, -0.15) is 0 Å². The van der Waals surface area contributed by atoms with Crippen LogP contribution in [0.2, 0.25) is 0 Å². The molecule has 0 aliphatic rings. The van der Waals surface area contributed by atoms with E-state index < -0.39 is 11.6 Å². The van der Waals surface area contributed by atoms with E-state index in [2.05, 4.69) is 4.98 Å². The summed E-state index contributed by atoms with van der Waals surface area (Å²) in [4.78, 5) is 4.27. The van der Waals surface area contributed by atoms with Crippen LogP contribution in [0.3, 0.4) is 0 Å². The first-order valence-electron chi connectivity index (χ1n) is 5.84. The largest absolute Gasteiger partial charge is 0.507 e. The van der Waals surface area contributed by atoms with E-state index in [0.717, 1.165) is 18.2 Å². The highest BCUT2D eigenvalue weighted by Gasteiger charge is 2.13. The van der Waals surface area contributed by atoms with Gasteiger partial charge in [0, 0.05) is 10.9 Å². The van der Waals surface area contributed by atoms with Crippen LogP contribution in [0.1, 0.15) is 0 Å². The molecule has 1 aromatic heterocycles. The van der Waals surface area contributed by atoms with Crippen molar-refractivity contribution in [3.63, 3.8) is 0 Å². The molecule has 0 radical (unpaired) electrons. The molecule has 0 amide bonds. The van der Waals surface area contributed by atoms with Crippen molar-refractivity contribution in [3.05, 3.63) is 59.5 Å². The van der Waals surface area contributed by atoms with Crippen molar-refractivity contribution < 1.29 is 13.9 Å². The molecule has 3 rings (SSSR count). The summed E-state index contributed by atoms with van der Waals surface area (Å²) < 4.78 is 26.9. The van der Waals surface area contributed by atoms with Gasteiger partial charge in [0.2, 0.25) is 0 Å². The summed E-state index contributed by atoms with van der Waals surface area (Å²) in [7, 11) is 0. The monoisotopic (exact) mass is 289 g/mol. The summed E-state index contributed by atoms with van der Waals surface area (Å²) in [6, 6.07) is 10.0. The Labute approximate surface area is 118 Å². The lowest BCUT2D eigenvalue weighted by Crippen LogP contribution is -1.87. The Bertz CT molecular complexity index is 770. The molecule has 0 saturated carbocycles. The van der Waals surface area contributed by atoms with Gasteiger partial charge in [0.15, 0.2) is 0 Å². The molecule has 0 fully saturated rings. The number of aromatic hydroxyl groups is 1. The van der Waals surface area contributed by atoms with E-state index >= 15 is 0 Å². The summed E-state index contributed by atoms with van der Waals surface area (Å²) in [5.41, 5.74) is 1.04. The molecule has 5 heteroatoms. The van der Waals surface area contributed by atoms with Gasteiger partial charge in [-0.15, -0.1) is 11.3 Å². The summed E-state index contributed by atoms with van der Waals surface area (Å²) >= 11 is 1.27. The Kier molecular flexibility index (Phi) is 3.20. The summed E-state index contributed by atoms with van der Waals surface area (Å²) in [6.45, 7) is 0. The second kappa shape index (κ2) is 5.02. The van der Waals surface area contributed by atoms with Gasteiger partial charge >= 0.3 is 0 Å². The molecule has 0 aliphatic carbocycles. The average Bonchev–Trinajstić information content (AvgIpc) is 2.91. The molecule has 2 aromatic carbocycles. The Morgan fingerprint density at radius 3 is 2.60 bits per heavy atom. The zero-order valence-electron chi connectivity index (χ0n) is 10.2. The maximum absolute atomic E-state index is 13.7. The molecule has 2 nitrogen and oxygen atoms in total. The van der Waals surface area contributed by atoms with Crippen LogP contribution in [0.15, 0.2) is 47.8 Å². The van der Waals surface area contributed by atoms with Gasteiger partial charge in [0.1, 0.15) is 22.4 Å². The van der Waals surface area contributed by atoms with E-state index in [9.17, 15) is 13.9 Å².